The SMILES string of the molecule is CN1C(=O)[C@H](c2c[nH]c3ccccc23)[C@H](c2c[nH]c3c(Cl)cccc23)C1=O. The molecule has 27 heavy (non-hydrogen) atoms. The molecule has 0 aliphatic carbocycles. The number of para-hydroxylation sites is 2. The van der Waals surface area contributed by atoms with E-state index in [1.807, 2.05) is 42.6 Å². The van der Waals surface area contributed by atoms with Crippen LogP contribution in [0.3, 0.4) is 0 Å². The Bertz CT molecular complexity index is 1220. The summed E-state index contributed by atoms with van der Waals surface area (Å²) in [6.07, 6.45) is 3.64. The van der Waals surface area contributed by atoms with E-state index in [0.29, 0.717) is 5.02 Å². The molecule has 0 saturated carbocycles. The number of benzene rings is 2. The third-order valence-electron chi connectivity index (χ3n) is 5.51. The van der Waals surface area contributed by atoms with Crippen LogP contribution in [0.5, 0.6) is 0 Å². The molecule has 5 rings (SSSR count). The van der Waals surface area contributed by atoms with Gasteiger partial charge in [0.15, 0.2) is 0 Å². The lowest BCUT2D eigenvalue weighted by atomic mass is 9.83. The van der Waals surface area contributed by atoms with E-state index in [4.69, 9.17) is 11.6 Å². The van der Waals surface area contributed by atoms with Crippen molar-refractivity contribution in [2.45, 2.75) is 11.8 Å². The number of aromatic nitrogens is 2. The number of carbonyl (C=O) groups excluding carboxylic acids is 2. The maximum Gasteiger partial charge on any atom is 0.237 e. The summed E-state index contributed by atoms with van der Waals surface area (Å²) in [4.78, 5) is 33.7. The van der Waals surface area contributed by atoms with E-state index in [2.05, 4.69) is 9.97 Å². The van der Waals surface area contributed by atoms with Crippen LogP contribution in [0.15, 0.2) is 54.9 Å². The minimum absolute atomic E-state index is 0.189. The van der Waals surface area contributed by atoms with Crippen molar-refractivity contribution in [2.24, 2.45) is 0 Å². The number of carbonyl (C=O) groups is 2. The number of rotatable bonds is 2. The van der Waals surface area contributed by atoms with Gasteiger partial charge < -0.3 is 9.97 Å². The summed E-state index contributed by atoms with van der Waals surface area (Å²) >= 11 is 6.29. The summed E-state index contributed by atoms with van der Waals surface area (Å²) in [5.74, 6) is -1.55. The van der Waals surface area contributed by atoms with Crippen molar-refractivity contribution in [2.75, 3.05) is 7.05 Å². The van der Waals surface area contributed by atoms with E-state index >= 15 is 0 Å². The van der Waals surface area contributed by atoms with E-state index in [0.717, 1.165) is 32.9 Å². The van der Waals surface area contributed by atoms with Gasteiger partial charge >= 0.3 is 0 Å². The smallest absolute Gasteiger partial charge is 0.237 e. The number of likely N-dealkylation sites (tertiary alicyclic amines) is 1. The number of amides is 2. The minimum atomic E-state index is -0.589. The van der Waals surface area contributed by atoms with Crippen LogP contribution in [-0.4, -0.2) is 33.7 Å². The Balaban J connectivity index is 1.74. The molecule has 1 saturated heterocycles. The number of imide groups is 1. The van der Waals surface area contributed by atoms with Crippen LogP contribution in [0.4, 0.5) is 0 Å². The molecule has 0 radical (unpaired) electrons. The average Bonchev–Trinajstić information content (AvgIpc) is 3.34. The first-order valence-electron chi connectivity index (χ1n) is 8.71. The molecule has 5 nitrogen and oxygen atoms in total. The summed E-state index contributed by atoms with van der Waals surface area (Å²) in [5, 5.41) is 2.42. The van der Waals surface area contributed by atoms with Gasteiger partial charge in [0.2, 0.25) is 11.8 Å². The highest BCUT2D eigenvalue weighted by Crippen LogP contribution is 2.45. The molecule has 2 N–H and O–H groups in total. The van der Waals surface area contributed by atoms with Crippen LogP contribution >= 0.6 is 11.6 Å². The fourth-order valence-electron chi connectivity index (χ4n) is 4.18. The quantitative estimate of drug-likeness (QED) is 0.515. The third-order valence-corrected chi connectivity index (χ3v) is 5.83. The van der Waals surface area contributed by atoms with Gasteiger partial charge in [-0.15, -0.1) is 0 Å². The molecule has 2 aromatic heterocycles. The molecule has 0 bridgehead atoms. The van der Waals surface area contributed by atoms with Crippen molar-refractivity contribution in [1.29, 1.82) is 0 Å². The molecule has 1 aliphatic heterocycles. The van der Waals surface area contributed by atoms with Gasteiger partial charge in [-0.3, -0.25) is 14.5 Å². The van der Waals surface area contributed by atoms with Gasteiger partial charge in [0.05, 0.1) is 22.4 Å². The maximum absolute atomic E-state index is 13.0. The molecule has 2 aromatic carbocycles. The van der Waals surface area contributed by atoms with Gasteiger partial charge in [0.25, 0.3) is 0 Å². The number of aromatic amines is 2. The molecule has 2 amide bonds. The maximum atomic E-state index is 13.0. The first kappa shape index (κ1) is 16.1. The third kappa shape index (κ3) is 2.18. The Labute approximate surface area is 159 Å². The second-order valence-corrected chi connectivity index (χ2v) is 7.29. The Morgan fingerprint density at radius 3 is 2.26 bits per heavy atom. The van der Waals surface area contributed by atoms with Crippen molar-refractivity contribution in [1.82, 2.24) is 14.9 Å². The van der Waals surface area contributed by atoms with Crippen molar-refractivity contribution in [3.05, 3.63) is 71.0 Å². The van der Waals surface area contributed by atoms with E-state index < -0.39 is 11.8 Å². The summed E-state index contributed by atoms with van der Waals surface area (Å²) in [7, 11) is 1.55. The highest BCUT2D eigenvalue weighted by atomic mass is 35.5. The number of hydrogen-bond donors (Lipinski definition) is 2. The number of nitrogens with zero attached hydrogens (tertiary/aromatic N) is 1. The molecular weight excluding hydrogens is 362 g/mol. The van der Waals surface area contributed by atoms with Gasteiger partial charge in [0, 0.05) is 35.7 Å². The molecule has 3 heterocycles. The molecule has 2 atom stereocenters. The number of hydrogen-bond acceptors (Lipinski definition) is 2. The summed E-state index contributed by atoms with van der Waals surface area (Å²) in [6, 6.07) is 13.4. The lowest BCUT2D eigenvalue weighted by Gasteiger charge is -2.14. The lowest BCUT2D eigenvalue weighted by molar-refractivity contribution is -0.137. The molecule has 4 aromatic rings. The predicted molar refractivity (Wildman–Crippen MR) is 105 cm³/mol. The van der Waals surface area contributed by atoms with Gasteiger partial charge in [-0.05, 0) is 23.3 Å². The van der Waals surface area contributed by atoms with Gasteiger partial charge in [-0.1, -0.05) is 41.9 Å². The molecule has 1 fully saturated rings. The average molecular weight is 378 g/mol. The number of H-pyrrole nitrogens is 2. The summed E-state index contributed by atoms with van der Waals surface area (Å²) in [5.41, 5.74) is 3.37. The van der Waals surface area contributed by atoms with E-state index in [-0.39, 0.29) is 11.8 Å². The zero-order chi connectivity index (χ0) is 18.7. The first-order valence-corrected chi connectivity index (χ1v) is 9.08. The van der Waals surface area contributed by atoms with Gasteiger partial charge in [-0.25, -0.2) is 0 Å². The summed E-state index contributed by atoms with van der Waals surface area (Å²) in [6.45, 7) is 0. The topological polar surface area (TPSA) is 69.0 Å². The fraction of sp³-hybridized carbons (Fsp3) is 0.143. The number of nitrogens with one attached hydrogen (secondary N) is 2. The molecule has 6 heteroatoms. The highest BCUT2D eigenvalue weighted by Gasteiger charge is 2.49. The van der Waals surface area contributed by atoms with Crippen molar-refractivity contribution >= 4 is 45.2 Å². The van der Waals surface area contributed by atoms with E-state index in [1.54, 1.807) is 19.3 Å². The van der Waals surface area contributed by atoms with Crippen LogP contribution in [0.2, 0.25) is 5.02 Å². The zero-order valence-corrected chi connectivity index (χ0v) is 15.2. The van der Waals surface area contributed by atoms with Crippen LogP contribution in [0.25, 0.3) is 21.8 Å². The van der Waals surface area contributed by atoms with Crippen LogP contribution in [0, 0.1) is 0 Å². The fourth-order valence-corrected chi connectivity index (χ4v) is 4.41. The van der Waals surface area contributed by atoms with Gasteiger partial charge in [-0.2, -0.15) is 0 Å². The highest BCUT2D eigenvalue weighted by molar-refractivity contribution is 6.35. The van der Waals surface area contributed by atoms with E-state index in [1.165, 1.54) is 4.90 Å². The molecule has 0 spiro atoms. The monoisotopic (exact) mass is 377 g/mol. The number of fused-ring (bicyclic) bond motifs is 2. The number of halogens is 1. The van der Waals surface area contributed by atoms with Gasteiger partial charge in [0.1, 0.15) is 0 Å². The first-order chi connectivity index (χ1) is 13.1. The molecular formula is C21H16ClN3O2. The van der Waals surface area contributed by atoms with Crippen molar-refractivity contribution in [3.63, 3.8) is 0 Å². The molecule has 1 aliphatic rings. The van der Waals surface area contributed by atoms with E-state index in [9.17, 15) is 9.59 Å². The Morgan fingerprint density at radius 1 is 0.852 bits per heavy atom. The largest absolute Gasteiger partial charge is 0.361 e. The second kappa shape index (κ2) is 5.72. The lowest BCUT2D eigenvalue weighted by Crippen LogP contribution is -2.25. The normalized spacial score (nSPS) is 20.3. The number of likely N-dealkylation sites (N-methyl/N-ethyl adjacent to an activating group) is 1. The molecule has 134 valence electrons. The van der Waals surface area contributed by atoms with Crippen LogP contribution in [-0.2, 0) is 9.59 Å². The van der Waals surface area contributed by atoms with Crippen molar-refractivity contribution < 1.29 is 9.59 Å². The van der Waals surface area contributed by atoms with Crippen molar-refractivity contribution in [3.8, 4) is 0 Å². The Morgan fingerprint density at radius 2 is 1.48 bits per heavy atom. The standard InChI is InChI=1S/C21H16ClN3O2/c1-25-20(26)17(13-9-23-16-8-3-2-5-11(13)16)18(21(25)27)14-10-24-19-12(14)6-4-7-15(19)22/h2-10,17-18,23-24H,1H3/t17-,18+/m1/s1. The predicted octanol–water partition coefficient (Wildman–Crippen LogP) is 4.17. The zero-order valence-electron chi connectivity index (χ0n) is 14.5. The minimum Gasteiger partial charge on any atom is -0.361 e. The van der Waals surface area contributed by atoms with Crippen LogP contribution in [0.1, 0.15) is 23.0 Å². The molecule has 0 unspecified atom stereocenters. The second-order valence-electron chi connectivity index (χ2n) is 6.89. The Hall–Kier alpha value is -3.05. The van der Waals surface area contributed by atoms with Crippen LogP contribution < -0.4 is 0 Å². The Kier molecular flexibility index (Phi) is 3.42. The summed E-state index contributed by atoms with van der Waals surface area (Å²) < 4.78 is 0.